The van der Waals surface area contributed by atoms with Gasteiger partial charge in [-0.15, -0.1) is 0 Å². The Kier molecular flexibility index (Phi) is 5.02. The van der Waals surface area contributed by atoms with E-state index in [1.165, 1.54) is 12.1 Å². The second-order valence-electron chi connectivity index (χ2n) is 8.48. The Morgan fingerprint density at radius 1 is 1.12 bits per heavy atom. The second kappa shape index (κ2) is 7.90. The number of hydrogen-bond donors (Lipinski definition) is 2. The third kappa shape index (κ3) is 3.58. The fraction of sp³-hybridized carbons (Fsp3) is 0.200. The zero-order valence-electron chi connectivity index (χ0n) is 18.2. The minimum atomic E-state index is -0.966. The second-order valence-corrected chi connectivity index (χ2v) is 8.48. The van der Waals surface area contributed by atoms with E-state index in [9.17, 15) is 14.3 Å². The summed E-state index contributed by atoms with van der Waals surface area (Å²) in [5, 5.41) is 17.5. The Balaban J connectivity index is 1.73. The maximum atomic E-state index is 13.7. The van der Waals surface area contributed by atoms with E-state index >= 15 is 0 Å². The summed E-state index contributed by atoms with van der Waals surface area (Å²) >= 11 is 0. The third-order valence-electron chi connectivity index (χ3n) is 6.07. The summed E-state index contributed by atoms with van der Waals surface area (Å²) < 4.78 is 19.4. The van der Waals surface area contributed by atoms with Crippen molar-refractivity contribution in [3.8, 4) is 0 Å². The number of benzene rings is 3. The van der Waals surface area contributed by atoms with Crippen LogP contribution in [0.25, 0.3) is 10.9 Å². The first-order valence-corrected chi connectivity index (χ1v) is 10.5. The van der Waals surface area contributed by atoms with Gasteiger partial charge >= 0.3 is 5.97 Å². The number of nitrogens with one attached hydrogen (secondary N) is 1. The highest BCUT2D eigenvalue weighted by Gasteiger charge is 2.42. The maximum Gasteiger partial charge on any atom is 0.335 e. The van der Waals surface area contributed by atoms with Crippen LogP contribution in [-0.2, 0) is 4.74 Å². The molecule has 0 aliphatic carbocycles. The van der Waals surface area contributed by atoms with Gasteiger partial charge in [-0.1, -0.05) is 0 Å². The molecule has 168 valence electrons. The van der Waals surface area contributed by atoms with E-state index in [4.69, 9.17) is 4.74 Å². The van der Waals surface area contributed by atoms with Crippen molar-refractivity contribution in [1.82, 2.24) is 10.2 Å². The van der Waals surface area contributed by atoms with E-state index in [2.05, 4.69) is 33.0 Å². The molecule has 1 aliphatic rings. The number of anilines is 4. The van der Waals surface area contributed by atoms with E-state index in [1.807, 2.05) is 18.2 Å². The number of carboxylic acids is 1. The van der Waals surface area contributed by atoms with Crippen molar-refractivity contribution >= 4 is 39.6 Å². The van der Waals surface area contributed by atoms with Crippen LogP contribution in [0.1, 0.15) is 17.3 Å². The SMILES string of the molecule is COC[C@]1(C)CN(c2ccc(C(=O)O)cc2)c2cc3[nH]ncc3cc2N1c1ccc(F)cc1. The number of methoxy groups -OCH3 is 1. The molecular weight excluding hydrogens is 423 g/mol. The molecule has 3 aromatic carbocycles. The third-order valence-corrected chi connectivity index (χ3v) is 6.07. The Hall–Kier alpha value is -3.91. The predicted octanol–water partition coefficient (Wildman–Crippen LogP) is 5.10. The molecule has 7 nitrogen and oxygen atoms in total. The number of nitrogens with zero attached hydrogens (tertiary/aromatic N) is 3. The van der Waals surface area contributed by atoms with Gasteiger partial charge in [-0.25, -0.2) is 9.18 Å². The minimum absolute atomic E-state index is 0.229. The average Bonchev–Trinajstić information content (AvgIpc) is 3.26. The number of carbonyl (C=O) groups is 1. The summed E-state index contributed by atoms with van der Waals surface area (Å²) in [6.45, 7) is 3.06. The minimum Gasteiger partial charge on any atom is -0.478 e. The van der Waals surface area contributed by atoms with Gasteiger partial charge in [0.1, 0.15) is 5.82 Å². The monoisotopic (exact) mass is 446 g/mol. The number of aromatic carboxylic acids is 1. The lowest BCUT2D eigenvalue weighted by atomic mass is 9.92. The van der Waals surface area contributed by atoms with Crippen LogP contribution in [0.15, 0.2) is 66.9 Å². The molecule has 5 rings (SSSR count). The smallest absolute Gasteiger partial charge is 0.335 e. The first kappa shape index (κ1) is 21.0. The molecular formula is C25H23FN4O3. The number of ether oxygens (including phenoxy) is 1. The van der Waals surface area contributed by atoms with Gasteiger partial charge in [-0.3, -0.25) is 5.10 Å². The molecule has 1 atom stereocenters. The highest BCUT2D eigenvalue weighted by Crippen LogP contribution is 2.48. The average molecular weight is 446 g/mol. The van der Waals surface area contributed by atoms with E-state index < -0.39 is 11.5 Å². The number of aromatic amines is 1. The molecule has 0 radical (unpaired) electrons. The number of rotatable bonds is 5. The van der Waals surface area contributed by atoms with Crippen LogP contribution in [0.3, 0.4) is 0 Å². The van der Waals surface area contributed by atoms with Crippen LogP contribution in [0.4, 0.5) is 27.1 Å². The number of hydrogen-bond acceptors (Lipinski definition) is 5. The highest BCUT2D eigenvalue weighted by atomic mass is 19.1. The fourth-order valence-electron chi connectivity index (χ4n) is 4.63. The van der Waals surface area contributed by atoms with Gasteiger partial charge < -0.3 is 19.6 Å². The molecule has 0 saturated carbocycles. The van der Waals surface area contributed by atoms with Crippen molar-refractivity contribution in [1.29, 1.82) is 0 Å². The molecule has 8 heteroatoms. The number of H-pyrrole nitrogens is 1. The number of fused-ring (bicyclic) bond motifs is 2. The zero-order valence-corrected chi connectivity index (χ0v) is 18.2. The van der Waals surface area contributed by atoms with Crippen molar-refractivity contribution in [3.63, 3.8) is 0 Å². The fourth-order valence-corrected chi connectivity index (χ4v) is 4.63. The summed E-state index contributed by atoms with van der Waals surface area (Å²) in [6, 6.07) is 17.4. The number of aromatic nitrogens is 2. The van der Waals surface area contributed by atoms with Gasteiger partial charge in [-0.05, 0) is 67.6 Å². The zero-order chi connectivity index (χ0) is 23.2. The Labute approximate surface area is 190 Å². The standard InChI is InChI=1S/C25H23FN4O3/c1-25(15-33-2)14-29(19-7-3-16(4-8-19)24(31)32)22-12-21-17(13-27-28-21)11-23(22)30(25)20-9-5-18(26)6-10-20/h3-13H,14-15H2,1-2H3,(H,27,28)(H,31,32)/t25-/m0/s1. The molecule has 1 aromatic heterocycles. The van der Waals surface area contributed by atoms with Crippen molar-refractivity contribution in [2.45, 2.75) is 12.5 Å². The van der Waals surface area contributed by atoms with Crippen molar-refractivity contribution in [2.24, 2.45) is 0 Å². The summed E-state index contributed by atoms with van der Waals surface area (Å²) in [6.07, 6.45) is 1.77. The van der Waals surface area contributed by atoms with Crippen LogP contribution < -0.4 is 9.80 Å². The van der Waals surface area contributed by atoms with Gasteiger partial charge in [0, 0.05) is 30.4 Å². The summed E-state index contributed by atoms with van der Waals surface area (Å²) in [4.78, 5) is 15.7. The number of carboxylic acid groups (broad SMARTS) is 1. The first-order valence-electron chi connectivity index (χ1n) is 10.5. The van der Waals surface area contributed by atoms with Crippen LogP contribution in [0, 0.1) is 5.82 Å². The summed E-state index contributed by atoms with van der Waals surface area (Å²) in [7, 11) is 1.66. The van der Waals surface area contributed by atoms with Gasteiger partial charge in [0.2, 0.25) is 0 Å². The van der Waals surface area contributed by atoms with Crippen molar-refractivity contribution in [2.75, 3.05) is 30.1 Å². The van der Waals surface area contributed by atoms with Gasteiger partial charge in [0.05, 0.1) is 40.8 Å². The Morgan fingerprint density at radius 3 is 2.48 bits per heavy atom. The van der Waals surface area contributed by atoms with Gasteiger partial charge in [0.15, 0.2) is 0 Å². The molecule has 2 heterocycles. The van der Waals surface area contributed by atoms with Crippen LogP contribution >= 0.6 is 0 Å². The molecule has 1 aliphatic heterocycles. The molecule has 0 fully saturated rings. The van der Waals surface area contributed by atoms with Crippen molar-refractivity contribution < 1.29 is 19.0 Å². The quantitative estimate of drug-likeness (QED) is 0.444. The lowest BCUT2D eigenvalue weighted by molar-refractivity contribution is 0.0697. The van der Waals surface area contributed by atoms with E-state index in [1.54, 1.807) is 37.6 Å². The van der Waals surface area contributed by atoms with E-state index in [-0.39, 0.29) is 11.4 Å². The molecule has 0 unspecified atom stereocenters. The van der Waals surface area contributed by atoms with Gasteiger partial charge in [0.25, 0.3) is 0 Å². The molecule has 4 aromatic rings. The van der Waals surface area contributed by atoms with Crippen molar-refractivity contribution in [3.05, 3.63) is 78.2 Å². The highest BCUT2D eigenvalue weighted by molar-refractivity contribution is 5.96. The Bertz CT molecular complexity index is 1320. The molecule has 33 heavy (non-hydrogen) atoms. The normalized spacial score (nSPS) is 17.9. The van der Waals surface area contributed by atoms with E-state index in [0.29, 0.717) is 13.2 Å². The maximum absolute atomic E-state index is 13.7. The molecule has 0 amide bonds. The topological polar surface area (TPSA) is 81.7 Å². The van der Waals surface area contributed by atoms with Crippen LogP contribution in [-0.4, -0.2) is 47.1 Å². The summed E-state index contributed by atoms with van der Waals surface area (Å²) in [5.74, 6) is -1.26. The molecule has 0 bridgehead atoms. The summed E-state index contributed by atoms with van der Waals surface area (Å²) in [5.41, 5.74) is 4.16. The van der Waals surface area contributed by atoms with Crippen LogP contribution in [0.2, 0.25) is 0 Å². The Morgan fingerprint density at radius 2 is 1.82 bits per heavy atom. The lowest BCUT2D eigenvalue weighted by Gasteiger charge is -2.51. The molecule has 0 spiro atoms. The predicted molar refractivity (Wildman–Crippen MR) is 125 cm³/mol. The van der Waals surface area contributed by atoms with E-state index in [0.717, 1.165) is 33.7 Å². The van der Waals surface area contributed by atoms with Crippen LogP contribution in [0.5, 0.6) is 0 Å². The van der Waals surface area contributed by atoms with Gasteiger partial charge in [-0.2, -0.15) is 5.10 Å². The molecule has 2 N–H and O–H groups in total. The number of halogens is 1. The molecule has 0 saturated heterocycles. The largest absolute Gasteiger partial charge is 0.478 e. The lowest BCUT2D eigenvalue weighted by Crippen LogP contribution is -2.57. The first-order chi connectivity index (χ1) is 15.9.